The molecule has 1 aromatic rings. The van der Waals surface area contributed by atoms with Crippen molar-refractivity contribution >= 4 is 17.7 Å². The Hall–Kier alpha value is -2.05. The summed E-state index contributed by atoms with van der Waals surface area (Å²) < 4.78 is 0. The molecular formula is C13H20N4O3. The Morgan fingerprint density at radius 1 is 1.65 bits per heavy atom. The molecule has 3 N–H and O–H groups in total. The highest BCUT2D eigenvalue weighted by Gasteiger charge is 2.28. The minimum atomic E-state index is -0.780. The smallest absolute Gasteiger partial charge is 0.321 e. The van der Waals surface area contributed by atoms with Crippen molar-refractivity contribution in [2.24, 2.45) is 11.8 Å². The standard InChI is InChI=1S/C13H20N4O3/c1-9(5-12(18)19)10-3-2-4-17(8-10)13(20)16-11-6-14-15-7-11/h6-7,9-10H,2-5,8H2,1H3,(H,14,15)(H,16,20)(H,18,19). The molecule has 0 bridgehead atoms. The first kappa shape index (κ1) is 14.4. The van der Waals surface area contributed by atoms with E-state index in [1.807, 2.05) is 6.92 Å². The molecule has 1 aliphatic rings. The van der Waals surface area contributed by atoms with Crippen LogP contribution in [0.5, 0.6) is 0 Å². The van der Waals surface area contributed by atoms with Gasteiger partial charge in [-0.15, -0.1) is 0 Å². The lowest BCUT2D eigenvalue weighted by Crippen LogP contribution is -2.44. The first-order valence-electron chi connectivity index (χ1n) is 6.82. The van der Waals surface area contributed by atoms with E-state index in [0.29, 0.717) is 18.8 Å². The maximum absolute atomic E-state index is 12.1. The summed E-state index contributed by atoms with van der Waals surface area (Å²) >= 11 is 0. The summed E-state index contributed by atoms with van der Waals surface area (Å²) in [5, 5.41) is 18.0. The van der Waals surface area contributed by atoms with E-state index in [2.05, 4.69) is 15.5 Å². The van der Waals surface area contributed by atoms with Crippen LogP contribution < -0.4 is 5.32 Å². The number of rotatable bonds is 4. The van der Waals surface area contributed by atoms with Crippen LogP contribution in [0.2, 0.25) is 0 Å². The quantitative estimate of drug-likeness (QED) is 0.782. The first-order chi connectivity index (χ1) is 9.56. The number of piperidine rings is 1. The molecule has 2 rings (SSSR count). The Labute approximate surface area is 117 Å². The van der Waals surface area contributed by atoms with E-state index in [1.54, 1.807) is 17.3 Å². The molecule has 0 radical (unpaired) electrons. The number of carbonyl (C=O) groups is 2. The third-order valence-corrected chi connectivity index (χ3v) is 3.80. The van der Waals surface area contributed by atoms with Crippen LogP contribution in [-0.4, -0.2) is 45.3 Å². The fourth-order valence-corrected chi connectivity index (χ4v) is 2.62. The third kappa shape index (κ3) is 3.72. The van der Waals surface area contributed by atoms with Gasteiger partial charge in [-0.05, 0) is 24.7 Å². The zero-order chi connectivity index (χ0) is 14.5. The molecule has 0 aliphatic carbocycles. The van der Waals surface area contributed by atoms with Gasteiger partial charge in [0.2, 0.25) is 0 Å². The highest BCUT2D eigenvalue weighted by molar-refractivity contribution is 5.89. The lowest BCUT2D eigenvalue weighted by Gasteiger charge is -2.35. The molecule has 2 unspecified atom stereocenters. The van der Waals surface area contributed by atoms with Crippen molar-refractivity contribution < 1.29 is 14.7 Å². The number of urea groups is 1. The number of hydrogen-bond acceptors (Lipinski definition) is 3. The molecule has 0 spiro atoms. The van der Waals surface area contributed by atoms with E-state index in [1.165, 1.54) is 0 Å². The number of H-pyrrole nitrogens is 1. The SMILES string of the molecule is CC(CC(=O)O)C1CCCN(C(=O)Nc2cn[nH]c2)C1. The van der Waals surface area contributed by atoms with Crippen molar-refractivity contribution in [3.05, 3.63) is 12.4 Å². The first-order valence-corrected chi connectivity index (χ1v) is 6.82. The summed E-state index contributed by atoms with van der Waals surface area (Å²) in [6.45, 7) is 3.26. The topological polar surface area (TPSA) is 98.3 Å². The third-order valence-electron chi connectivity index (χ3n) is 3.80. The minimum Gasteiger partial charge on any atom is -0.481 e. The molecule has 1 saturated heterocycles. The normalized spacial score (nSPS) is 20.4. The molecular weight excluding hydrogens is 260 g/mol. The molecule has 7 nitrogen and oxygen atoms in total. The van der Waals surface area contributed by atoms with Crippen molar-refractivity contribution in [3.63, 3.8) is 0 Å². The second-order valence-electron chi connectivity index (χ2n) is 5.34. The number of nitrogens with one attached hydrogen (secondary N) is 2. The van der Waals surface area contributed by atoms with E-state index in [9.17, 15) is 9.59 Å². The molecule has 0 aromatic carbocycles. The lowest BCUT2D eigenvalue weighted by molar-refractivity contribution is -0.138. The second-order valence-corrected chi connectivity index (χ2v) is 5.34. The molecule has 110 valence electrons. The summed E-state index contributed by atoms with van der Waals surface area (Å²) in [7, 11) is 0. The second kappa shape index (κ2) is 6.40. The average Bonchev–Trinajstić information content (AvgIpc) is 2.91. The largest absolute Gasteiger partial charge is 0.481 e. The predicted octanol–water partition coefficient (Wildman–Crippen LogP) is 1.76. The molecule has 1 fully saturated rings. The minimum absolute atomic E-state index is 0.0806. The number of aromatic amines is 1. The summed E-state index contributed by atoms with van der Waals surface area (Å²) in [6, 6.07) is -0.154. The van der Waals surface area contributed by atoms with Gasteiger partial charge in [-0.1, -0.05) is 6.92 Å². The molecule has 1 aliphatic heterocycles. The Kier molecular flexibility index (Phi) is 4.60. The van der Waals surface area contributed by atoms with Crippen LogP contribution >= 0.6 is 0 Å². The number of likely N-dealkylation sites (tertiary alicyclic amines) is 1. The van der Waals surface area contributed by atoms with Gasteiger partial charge in [-0.3, -0.25) is 9.89 Å². The number of amides is 2. The Bertz CT molecular complexity index is 460. The number of anilines is 1. The van der Waals surface area contributed by atoms with Crippen molar-refractivity contribution in [1.29, 1.82) is 0 Å². The van der Waals surface area contributed by atoms with Crippen LogP contribution in [0.4, 0.5) is 10.5 Å². The van der Waals surface area contributed by atoms with Crippen LogP contribution in [-0.2, 0) is 4.79 Å². The van der Waals surface area contributed by atoms with Crippen LogP contribution in [0.1, 0.15) is 26.2 Å². The van der Waals surface area contributed by atoms with Gasteiger partial charge < -0.3 is 15.3 Å². The molecule has 0 saturated carbocycles. The van der Waals surface area contributed by atoms with Gasteiger partial charge in [-0.2, -0.15) is 5.10 Å². The summed E-state index contributed by atoms with van der Waals surface area (Å²) in [5.74, 6) is -0.454. The van der Waals surface area contributed by atoms with Crippen molar-refractivity contribution in [1.82, 2.24) is 15.1 Å². The van der Waals surface area contributed by atoms with Gasteiger partial charge in [0.05, 0.1) is 11.9 Å². The Morgan fingerprint density at radius 3 is 3.10 bits per heavy atom. The van der Waals surface area contributed by atoms with Gasteiger partial charge in [0.15, 0.2) is 0 Å². The lowest BCUT2D eigenvalue weighted by atomic mass is 9.85. The number of carbonyl (C=O) groups excluding carboxylic acids is 1. The van der Waals surface area contributed by atoms with E-state index in [0.717, 1.165) is 12.8 Å². The van der Waals surface area contributed by atoms with E-state index in [-0.39, 0.29) is 24.3 Å². The zero-order valence-electron chi connectivity index (χ0n) is 11.5. The van der Waals surface area contributed by atoms with E-state index < -0.39 is 5.97 Å². The van der Waals surface area contributed by atoms with Crippen LogP contribution in [0.25, 0.3) is 0 Å². The average molecular weight is 280 g/mol. The molecule has 2 heterocycles. The number of aromatic nitrogens is 2. The van der Waals surface area contributed by atoms with E-state index >= 15 is 0 Å². The van der Waals surface area contributed by atoms with Crippen LogP contribution in [0.3, 0.4) is 0 Å². The molecule has 1 aromatic heterocycles. The van der Waals surface area contributed by atoms with Gasteiger partial charge in [0.1, 0.15) is 0 Å². The maximum atomic E-state index is 12.1. The van der Waals surface area contributed by atoms with Crippen LogP contribution in [0.15, 0.2) is 12.4 Å². The fourth-order valence-electron chi connectivity index (χ4n) is 2.62. The summed E-state index contributed by atoms with van der Waals surface area (Å²) in [4.78, 5) is 24.6. The van der Waals surface area contributed by atoms with Crippen molar-refractivity contribution in [2.45, 2.75) is 26.2 Å². The van der Waals surface area contributed by atoms with Crippen molar-refractivity contribution in [3.8, 4) is 0 Å². The number of carboxylic acids is 1. The molecule has 7 heteroatoms. The maximum Gasteiger partial charge on any atom is 0.321 e. The monoisotopic (exact) mass is 280 g/mol. The highest BCUT2D eigenvalue weighted by atomic mass is 16.4. The van der Waals surface area contributed by atoms with Crippen molar-refractivity contribution in [2.75, 3.05) is 18.4 Å². The van der Waals surface area contributed by atoms with Gasteiger partial charge in [0.25, 0.3) is 0 Å². The van der Waals surface area contributed by atoms with Gasteiger partial charge >= 0.3 is 12.0 Å². The number of nitrogens with zero attached hydrogens (tertiary/aromatic N) is 2. The predicted molar refractivity (Wildman–Crippen MR) is 73.3 cm³/mol. The number of aliphatic carboxylic acids is 1. The fraction of sp³-hybridized carbons (Fsp3) is 0.615. The van der Waals surface area contributed by atoms with Gasteiger partial charge in [-0.25, -0.2) is 4.79 Å². The van der Waals surface area contributed by atoms with E-state index in [4.69, 9.17) is 5.11 Å². The molecule has 2 amide bonds. The van der Waals surface area contributed by atoms with Gasteiger partial charge in [0, 0.05) is 25.7 Å². The van der Waals surface area contributed by atoms with Crippen LogP contribution in [0, 0.1) is 11.8 Å². The molecule has 20 heavy (non-hydrogen) atoms. The highest BCUT2D eigenvalue weighted by Crippen LogP contribution is 2.26. The number of hydrogen-bond donors (Lipinski definition) is 3. The summed E-state index contributed by atoms with van der Waals surface area (Å²) in [6.07, 6.45) is 5.21. The Morgan fingerprint density at radius 2 is 2.45 bits per heavy atom. The number of carboxylic acid groups (broad SMARTS) is 1. The summed E-state index contributed by atoms with van der Waals surface area (Å²) in [5.41, 5.74) is 0.635. The molecule has 2 atom stereocenters. The zero-order valence-corrected chi connectivity index (χ0v) is 11.5. The Balaban J connectivity index is 1.89.